The third-order valence-electron chi connectivity index (χ3n) is 2.84. The molecule has 2 rings (SSSR count). The van der Waals surface area contributed by atoms with Crippen LogP contribution < -0.4 is 0 Å². The van der Waals surface area contributed by atoms with Gasteiger partial charge in [-0.15, -0.1) is 0 Å². The van der Waals surface area contributed by atoms with Gasteiger partial charge < -0.3 is 0 Å². The molecule has 1 unspecified atom stereocenters. The van der Waals surface area contributed by atoms with Crippen molar-refractivity contribution in [3.05, 3.63) is 11.6 Å². The Morgan fingerprint density at radius 2 is 2.18 bits per heavy atom. The van der Waals surface area contributed by atoms with Crippen molar-refractivity contribution < 1.29 is 4.79 Å². The van der Waals surface area contributed by atoms with Gasteiger partial charge in [0.05, 0.1) is 0 Å². The lowest BCUT2D eigenvalue weighted by molar-refractivity contribution is -0.114. The molecule has 0 spiro atoms. The number of ketones is 1. The molecule has 0 aromatic rings. The van der Waals surface area contributed by atoms with E-state index in [-0.39, 0.29) is 0 Å². The van der Waals surface area contributed by atoms with Crippen molar-refractivity contribution in [2.24, 2.45) is 5.92 Å². The van der Waals surface area contributed by atoms with Gasteiger partial charge in [-0.1, -0.05) is 18.4 Å². The highest BCUT2D eigenvalue weighted by molar-refractivity contribution is 5.93. The summed E-state index contributed by atoms with van der Waals surface area (Å²) < 4.78 is 0. The first kappa shape index (κ1) is 7.08. The number of rotatable bonds is 0. The van der Waals surface area contributed by atoms with Gasteiger partial charge in [-0.3, -0.25) is 4.79 Å². The van der Waals surface area contributed by atoms with Crippen molar-refractivity contribution in [2.75, 3.05) is 0 Å². The maximum Gasteiger partial charge on any atom is 0.156 e. The maximum atomic E-state index is 11.0. The lowest BCUT2D eigenvalue weighted by Gasteiger charge is -2.07. The van der Waals surface area contributed by atoms with Crippen LogP contribution in [0.4, 0.5) is 0 Å². The zero-order valence-electron chi connectivity index (χ0n) is 6.81. The van der Waals surface area contributed by atoms with Crippen LogP contribution in [0.2, 0.25) is 0 Å². The number of fused-ring (bicyclic) bond motifs is 1. The Hall–Kier alpha value is -0.590. The second kappa shape index (κ2) is 2.80. The summed E-state index contributed by atoms with van der Waals surface area (Å²) in [5, 5.41) is 0. The molecule has 0 aliphatic heterocycles. The Bertz CT molecular complexity index is 203. The molecule has 0 heterocycles. The average Bonchev–Trinajstić information content (AvgIpc) is 2.17. The van der Waals surface area contributed by atoms with E-state index >= 15 is 0 Å². The van der Waals surface area contributed by atoms with Gasteiger partial charge in [0.1, 0.15) is 0 Å². The molecule has 0 N–H and O–H groups in total. The molecule has 0 radical (unpaired) electrons. The Kier molecular flexibility index (Phi) is 1.80. The SMILES string of the molecule is O=C1C=C2CCCCCC2C1. The van der Waals surface area contributed by atoms with Gasteiger partial charge in [0.2, 0.25) is 0 Å². The third-order valence-corrected chi connectivity index (χ3v) is 2.84. The molecule has 0 aromatic carbocycles. The van der Waals surface area contributed by atoms with E-state index in [2.05, 4.69) is 0 Å². The Balaban J connectivity index is 2.14. The van der Waals surface area contributed by atoms with E-state index in [0.717, 1.165) is 6.42 Å². The van der Waals surface area contributed by atoms with Crippen LogP contribution in [0.1, 0.15) is 38.5 Å². The zero-order valence-corrected chi connectivity index (χ0v) is 6.81. The molecule has 0 saturated heterocycles. The van der Waals surface area contributed by atoms with Gasteiger partial charge in [0, 0.05) is 6.42 Å². The van der Waals surface area contributed by atoms with Gasteiger partial charge in [0.15, 0.2) is 5.78 Å². The van der Waals surface area contributed by atoms with E-state index in [1.807, 2.05) is 6.08 Å². The fourth-order valence-electron chi connectivity index (χ4n) is 2.22. The second-order valence-electron chi connectivity index (χ2n) is 3.69. The molecule has 60 valence electrons. The molecule has 1 atom stereocenters. The minimum atomic E-state index is 0.368. The van der Waals surface area contributed by atoms with Crippen molar-refractivity contribution in [2.45, 2.75) is 38.5 Å². The Morgan fingerprint density at radius 1 is 1.27 bits per heavy atom. The van der Waals surface area contributed by atoms with Crippen LogP contribution in [-0.2, 0) is 4.79 Å². The van der Waals surface area contributed by atoms with Crippen LogP contribution >= 0.6 is 0 Å². The second-order valence-corrected chi connectivity index (χ2v) is 3.69. The molecule has 1 fully saturated rings. The molecule has 0 amide bonds. The summed E-state index contributed by atoms with van der Waals surface area (Å²) >= 11 is 0. The standard InChI is InChI=1S/C10H14O/c11-10-6-8-4-2-1-3-5-9(8)7-10/h6,9H,1-5,7H2. The molecule has 0 aromatic heterocycles. The predicted molar refractivity (Wildman–Crippen MR) is 44.3 cm³/mol. The van der Waals surface area contributed by atoms with Crippen molar-refractivity contribution in [3.8, 4) is 0 Å². The van der Waals surface area contributed by atoms with Crippen LogP contribution in [0.3, 0.4) is 0 Å². The Labute approximate surface area is 67.5 Å². The molecule has 2 aliphatic carbocycles. The summed E-state index contributed by atoms with van der Waals surface area (Å²) in [6, 6.07) is 0. The van der Waals surface area contributed by atoms with Gasteiger partial charge in [0.25, 0.3) is 0 Å². The highest BCUT2D eigenvalue weighted by Gasteiger charge is 2.25. The lowest BCUT2D eigenvalue weighted by atomic mass is 9.97. The van der Waals surface area contributed by atoms with Crippen LogP contribution in [0, 0.1) is 5.92 Å². The highest BCUT2D eigenvalue weighted by Crippen LogP contribution is 2.34. The quantitative estimate of drug-likeness (QED) is 0.518. The van der Waals surface area contributed by atoms with Crippen LogP contribution in [-0.4, -0.2) is 5.78 Å². The minimum absolute atomic E-state index is 0.368. The predicted octanol–water partition coefficient (Wildman–Crippen LogP) is 2.47. The normalized spacial score (nSPS) is 31.1. The molecule has 1 nitrogen and oxygen atoms in total. The highest BCUT2D eigenvalue weighted by atomic mass is 16.1. The summed E-state index contributed by atoms with van der Waals surface area (Å²) in [6.45, 7) is 0. The fourth-order valence-corrected chi connectivity index (χ4v) is 2.22. The zero-order chi connectivity index (χ0) is 7.68. The lowest BCUT2D eigenvalue weighted by Crippen LogP contribution is -1.98. The summed E-state index contributed by atoms with van der Waals surface area (Å²) in [6.07, 6.45) is 9.16. The monoisotopic (exact) mass is 150 g/mol. The third kappa shape index (κ3) is 1.37. The molecule has 1 heteroatoms. The number of hydrogen-bond acceptors (Lipinski definition) is 1. The van der Waals surface area contributed by atoms with Crippen LogP contribution in [0.5, 0.6) is 0 Å². The molecule has 2 aliphatic rings. The van der Waals surface area contributed by atoms with Crippen molar-refractivity contribution in [3.63, 3.8) is 0 Å². The van der Waals surface area contributed by atoms with E-state index in [1.165, 1.54) is 37.7 Å². The van der Waals surface area contributed by atoms with E-state index in [1.54, 1.807) is 0 Å². The topological polar surface area (TPSA) is 17.1 Å². The molecule has 0 bridgehead atoms. The van der Waals surface area contributed by atoms with E-state index in [0.29, 0.717) is 11.7 Å². The smallest absolute Gasteiger partial charge is 0.156 e. The van der Waals surface area contributed by atoms with E-state index < -0.39 is 0 Å². The summed E-state index contributed by atoms with van der Waals surface area (Å²) in [7, 11) is 0. The van der Waals surface area contributed by atoms with E-state index in [4.69, 9.17) is 0 Å². The maximum absolute atomic E-state index is 11.0. The first-order valence-electron chi connectivity index (χ1n) is 4.59. The number of hydrogen-bond donors (Lipinski definition) is 0. The largest absolute Gasteiger partial charge is 0.295 e. The van der Waals surface area contributed by atoms with Gasteiger partial charge in [-0.05, 0) is 31.3 Å². The number of carbonyl (C=O) groups is 1. The number of allylic oxidation sites excluding steroid dienone is 2. The number of carbonyl (C=O) groups excluding carboxylic acids is 1. The summed E-state index contributed by atoms with van der Waals surface area (Å²) in [5.74, 6) is 1.01. The van der Waals surface area contributed by atoms with E-state index in [9.17, 15) is 4.79 Å². The van der Waals surface area contributed by atoms with Gasteiger partial charge in [-0.2, -0.15) is 0 Å². The van der Waals surface area contributed by atoms with Crippen molar-refractivity contribution in [1.29, 1.82) is 0 Å². The van der Waals surface area contributed by atoms with Crippen LogP contribution in [0.25, 0.3) is 0 Å². The van der Waals surface area contributed by atoms with Crippen molar-refractivity contribution >= 4 is 5.78 Å². The summed E-state index contributed by atoms with van der Waals surface area (Å²) in [5.41, 5.74) is 1.45. The molecular formula is C10H14O. The fraction of sp³-hybridized carbons (Fsp3) is 0.700. The molecule has 1 saturated carbocycles. The van der Waals surface area contributed by atoms with Gasteiger partial charge in [-0.25, -0.2) is 0 Å². The van der Waals surface area contributed by atoms with Gasteiger partial charge >= 0.3 is 0 Å². The Morgan fingerprint density at radius 3 is 3.09 bits per heavy atom. The minimum Gasteiger partial charge on any atom is -0.295 e. The van der Waals surface area contributed by atoms with Crippen molar-refractivity contribution in [1.82, 2.24) is 0 Å². The first-order valence-corrected chi connectivity index (χ1v) is 4.59. The first-order chi connectivity index (χ1) is 5.36. The molecular weight excluding hydrogens is 136 g/mol. The van der Waals surface area contributed by atoms with Crippen LogP contribution in [0.15, 0.2) is 11.6 Å². The molecule has 11 heavy (non-hydrogen) atoms. The summed E-state index contributed by atoms with van der Waals surface area (Å²) in [4.78, 5) is 11.0. The average molecular weight is 150 g/mol.